The zero-order valence-electron chi connectivity index (χ0n) is 45.3. The third-order valence-corrected chi connectivity index (χ3v) is 12.1. The molecular weight excluding hydrogens is 931 g/mol. The SMILES string of the molecule is CC(C)CCCCCCCCCC1CC(=O)N[C@@H](CC(=O)O)C(=O)N[C@@H](CC(C)C)C(=O)N[C@H](CC(C)C)C(=O)N[C@@H](C(C)C)C(=O)N[C@@H](CC(=O)O)C(=O)N[C@H](CC(C)C)C(=O)N[C@@H](CC(C)C)C(=O)O1. The fourth-order valence-electron chi connectivity index (χ4n) is 8.42. The average Bonchev–Trinajstić information content (AvgIpc) is 3.24. The molecule has 412 valence electrons. The Morgan fingerprint density at radius 1 is 0.444 bits per heavy atom. The van der Waals surface area contributed by atoms with Crippen molar-refractivity contribution in [2.24, 2.45) is 35.5 Å². The van der Waals surface area contributed by atoms with E-state index in [1.165, 1.54) is 0 Å². The number of amides is 7. The van der Waals surface area contributed by atoms with Crippen LogP contribution in [-0.4, -0.2) is 118 Å². The third-order valence-electron chi connectivity index (χ3n) is 12.1. The molecule has 9 N–H and O–H groups in total. The molecule has 1 fully saturated rings. The minimum absolute atomic E-state index is 0.0338. The van der Waals surface area contributed by atoms with Crippen molar-refractivity contribution in [2.75, 3.05) is 0 Å². The van der Waals surface area contributed by atoms with E-state index in [0.717, 1.165) is 44.9 Å². The molecule has 1 unspecified atom stereocenters. The Balaban J connectivity index is 3.93. The number of esters is 1. The first kappa shape index (κ1) is 64.7. The van der Waals surface area contributed by atoms with E-state index in [0.29, 0.717) is 12.3 Å². The largest absolute Gasteiger partial charge is 0.481 e. The lowest BCUT2D eigenvalue weighted by molar-refractivity contribution is -0.155. The molecule has 1 rings (SSSR count). The number of aliphatic carboxylic acids is 2. The van der Waals surface area contributed by atoms with Crippen LogP contribution in [0.4, 0.5) is 0 Å². The number of rotatable bonds is 23. The van der Waals surface area contributed by atoms with Gasteiger partial charge in [0.2, 0.25) is 41.4 Å². The maximum Gasteiger partial charge on any atom is 0.328 e. The van der Waals surface area contributed by atoms with Crippen LogP contribution in [0.5, 0.6) is 0 Å². The maximum absolute atomic E-state index is 14.2. The maximum atomic E-state index is 14.2. The minimum Gasteiger partial charge on any atom is -0.481 e. The van der Waals surface area contributed by atoms with Crippen molar-refractivity contribution in [3.05, 3.63) is 0 Å². The molecule has 20 heteroatoms. The number of carbonyl (C=O) groups excluding carboxylic acids is 8. The number of nitrogens with one attached hydrogen (secondary N) is 7. The Hall–Kier alpha value is -5.30. The van der Waals surface area contributed by atoms with Gasteiger partial charge in [-0.05, 0) is 74.0 Å². The molecule has 0 radical (unpaired) electrons. The summed E-state index contributed by atoms with van der Waals surface area (Å²) in [5, 5.41) is 37.8. The highest BCUT2D eigenvalue weighted by molar-refractivity contribution is 5.98. The van der Waals surface area contributed by atoms with Crippen molar-refractivity contribution in [2.45, 2.75) is 234 Å². The van der Waals surface area contributed by atoms with Gasteiger partial charge in [-0.25, -0.2) is 4.79 Å². The van der Waals surface area contributed by atoms with Crippen LogP contribution >= 0.6 is 0 Å². The topological polar surface area (TPSA) is 305 Å². The average molecular weight is 1020 g/mol. The van der Waals surface area contributed by atoms with E-state index in [2.05, 4.69) is 51.1 Å². The summed E-state index contributed by atoms with van der Waals surface area (Å²) in [6.45, 7) is 21.9. The molecule has 0 aromatic rings. The third kappa shape index (κ3) is 26.9. The van der Waals surface area contributed by atoms with Crippen LogP contribution in [-0.2, 0) is 52.7 Å². The molecule has 1 saturated heterocycles. The van der Waals surface area contributed by atoms with Crippen molar-refractivity contribution in [3.8, 4) is 0 Å². The molecule has 0 bridgehead atoms. The lowest BCUT2D eigenvalue weighted by atomic mass is 9.98. The molecule has 1 aliphatic rings. The van der Waals surface area contributed by atoms with Gasteiger partial charge < -0.3 is 52.2 Å². The Labute approximate surface area is 428 Å². The quantitative estimate of drug-likeness (QED) is 0.0498. The molecule has 1 aliphatic heterocycles. The minimum atomic E-state index is -1.73. The normalized spacial score (nSPS) is 24.2. The van der Waals surface area contributed by atoms with Crippen LogP contribution in [0.25, 0.3) is 0 Å². The standard InChI is InChI=1S/C52H91N7O13/c1-29(2)20-18-16-14-13-15-17-19-21-35-26-42(60)53-39(27-43(61)62)48(67)54-36(22-30(3)4)46(65)56-38(24-32(7)8)50(69)59-45(34(11)12)51(70)57-40(28-44(63)64)49(68)55-37(23-31(5)6)47(66)58-41(25-33(9)10)52(71)72-35/h29-41,45H,13-28H2,1-12H3,(H,53,60)(H,54,67)(H,55,68)(H,56,65)(H,57,70)(H,58,66)(H,59,69)(H,61,62)(H,63,64)/t35?,36-,37+,38+,39-,40-,41-,45-/m0/s1. The Morgan fingerprint density at radius 2 is 0.792 bits per heavy atom. The molecule has 0 aromatic carbocycles. The summed E-state index contributed by atoms with van der Waals surface area (Å²) in [7, 11) is 0. The summed E-state index contributed by atoms with van der Waals surface area (Å²) < 4.78 is 6.00. The van der Waals surface area contributed by atoms with Gasteiger partial charge in [0.25, 0.3) is 0 Å². The number of cyclic esters (lactones) is 1. The molecule has 7 amide bonds. The molecule has 0 aliphatic carbocycles. The van der Waals surface area contributed by atoms with Crippen LogP contribution in [0.15, 0.2) is 0 Å². The molecule has 20 nitrogen and oxygen atoms in total. The lowest BCUT2D eigenvalue weighted by Crippen LogP contribution is -2.61. The Morgan fingerprint density at radius 3 is 1.19 bits per heavy atom. The molecule has 72 heavy (non-hydrogen) atoms. The zero-order chi connectivity index (χ0) is 54.8. The van der Waals surface area contributed by atoms with Gasteiger partial charge in [-0.15, -0.1) is 0 Å². The summed E-state index contributed by atoms with van der Waals surface area (Å²) in [4.78, 5) is 136. The zero-order valence-corrected chi connectivity index (χ0v) is 45.3. The highest BCUT2D eigenvalue weighted by atomic mass is 16.5. The van der Waals surface area contributed by atoms with Gasteiger partial charge in [0.1, 0.15) is 48.4 Å². The Bertz CT molecular complexity index is 1790. The highest BCUT2D eigenvalue weighted by Gasteiger charge is 2.37. The van der Waals surface area contributed by atoms with E-state index in [9.17, 15) is 58.2 Å². The fraction of sp³-hybridized carbons (Fsp3) is 0.808. The van der Waals surface area contributed by atoms with Crippen LogP contribution in [0.2, 0.25) is 0 Å². The van der Waals surface area contributed by atoms with Gasteiger partial charge in [0.15, 0.2) is 0 Å². The van der Waals surface area contributed by atoms with E-state index < -0.39 is 133 Å². The first-order valence-corrected chi connectivity index (χ1v) is 26.3. The second kappa shape index (κ2) is 33.4. The van der Waals surface area contributed by atoms with Crippen molar-refractivity contribution in [3.63, 3.8) is 0 Å². The number of carboxylic acid groups (broad SMARTS) is 2. The second-order valence-electron chi connectivity index (χ2n) is 22.1. The van der Waals surface area contributed by atoms with Crippen LogP contribution in [0, 0.1) is 35.5 Å². The molecule has 0 saturated carbocycles. The smallest absolute Gasteiger partial charge is 0.328 e. The van der Waals surface area contributed by atoms with Crippen LogP contribution in [0.3, 0.4) is 0 Å². The number of hydrogen-bond acceptors (Lipinski definition) is 11. The summed E-state index contributed by atoms with van der Waals surface area (Å²) in [6.07, 6.45) is 4.79. The molecule has 0 spiro atoms. The van der Waals surface area contributed by atoms with Crippen molar-refractivity contribution >= 4 is 59.3 Å². The first-order valence-electron chi connectivity index (χ1n) is 26.3. The number of ether oxygens (including phenoxy) is 1. The molecule has 1 heterocycles. The van der Waals surface area contributed by atoms with Gasteiger partial charge in [-0.1, -0.05) is 128 Å². The van der Waals surface area contributed by atoms with E-state index in [1.54, 1.807) is 55.4 Å². The molecule has 0 aromatic heterocycles. The molecular formula is C52H91N7O13. The van der Waals surface area contributed by atoms with E-state index in [-0.39, 0.29) is 55.8 Å². The van der Waals surface area contributed by atoms with E-state index in [4.69, 9.17) is 4.74 Å². The number of carboxylic acids is 2. The first-order chi connectivity index (χ1) is 33.6. The predicted molar refractivity (Wildman–Crippen MR) is 272 cm³/mol. The van der Waals surface area contributed by atoms with Gasteiger partial charge in [-0.2, -0.15) is 0 Å². The van der Waals surface area contributed by atoms with Crippen molar-refractivity contribution < 1.29 is 62.9 Å². The number of hydrogen-bond donors (Lipinski definition) is 9. The number of carbonyl (C=O) groups is 10. The van der Waals surface area contributed by atoms with E-state index in [1.807, 2.05) is 13.8 Å². The van der Waals surface area contributed by atoms with Crippen LogP contribution in [0.1, 0.15) is 186 Å². The van der Waals surface area contributed by atoms with Crippen LogP contribution < -0.4 is 37.2 Å². The summed E-state index contributed by atoms with van der Waals surface area (Å²) in [5.41, 5.74) is 0. The monoisotopic (exact) mass is 1020 g/mol. The van der Waals surface area contributed by atoms with Gasteiger partial charge in [0.05, 0.1) is 19.3 Å². The number of unbranched alkanes of at least 4 members (excludes halogenated alkanes) is 6. The van der Waals surface area contributed by atoms with Gasteiger partial charge in [0, 0.05) is 0 Å². The second-order valence-corrected chi connectivity index (χ2v) is 22.1. The van der Waals surface area contributed by atoms with Crippen molar-refractivity contribution in [1.82, 2.24) is 37.2 Å². The van der Waals surface area contributed by atoms with E-state index >= 15 is 0 Å². The summed E-state index contributed by atoms with van der Waals surface area (Å²) in [6, 6.07) is -9.97. The predicted octanol–water partition coefficient (Wildman–Crippen LogP) is 4.65. The Kier molecular flexibility index (Phi) is 30.0. The summed E-state index contributed by atoms with van der Waals surface area (Å²) >= 11 is 0. The highest BCUT2D eigenvalue weighted by Crippen LogP contribution is 2.19. The fourth-order valence-corrected chi connectivity index (χ4v) is 8.42. The van der Waals surface area contributed by atoms with Gasteiger partial charge >= 0.3 is 17.9 Å². The lowest BCUT2D eigenvalue weighted by Gasteiger charge is -2.29. The summed E-state index contributed by atoms with van der Waals surface area (Å²) in [5.74, 6) is -10.7. The van der Waals surface area contributed by atoms with Crippen molar-refractivity contribution in [1.29, 1.82) is 0 Å². The molecule has 8 atom stereocenters. The van der Waals surface area contributed by atoms with Gasteiger partial charge in [-0.3, -0.25) is 43.2 Å².